The molecule has 0 radical (unpaired) electrons. The third-order valence-electron chi connectivity index (χ3n) is 1.61. The van der Waals surface area contributed by atoms with Crippen LogP contribution < -0.4 is 10.0 Å². The van der Waals surface area contributed by atoms with Crippen LogP contribution in [0.4, 0.5) is 0 Å². The van der Waals surface area contributed by atoms with E-state index in [1.807, 2.05) is 12.1 Å². The van der Waals surface area contributed by atoms with Crippen LogP contribution in [0.15, 0.2) is 24.3 Å². The van der Waals surface area contributed by atoms with Crippen molar-refractivity contribution in [1.29, 1.82) is 0 Å². The summed E-state index contributed by atoms with van der Waals surface area (Å²) in [7, 11) is 2.55. The lowest BCUT2D eigenvalue weighted by atomic mass is 10.3. The minimum atomic E-state index is 0.384. The van der Waals surface area contributed by atoms with Crippen molar-refractivity contribution in [3.8, 4) is 5.75 Å². The van der Waals surface area contributed by atoms with Gasteiger partial charge in [-0.15, -0.1) is 0 Å². The Labute approximate surface area is 82.3 Å². The number of ether oxygens (including phenoxy) is 1. The summed E-state index contributed by atoms with van der Waals surface area (Å²) in [4.78, 5) is 0. The quantitative estimate of drug-likeness (QED) is 0.661. The highest BCUT2D eigenvalue weighted by Crippen LogP contribution is 2.29. The first-order valence-electron chi connectivity index (χ1n) is 4.43. The van der Waals surface area contributed by atoms with Gasteiger partial charge in [-0.3, -0.25) is 0 Å². The Hall–Kier alpha value is -0.550. The van der Waals surface area contributed by atoms with Gasteiger partial charge in [0.25, 0.3) is 0 Å². The molecule has 0 aliphatic heterocycles. The summed E-state index contributed by atoms with van der Waals surface area (Å²) in [5.74, 6) is 0.933. The zero-order chi connectivity index (χ0) is 9.90. The molecule has 1 rings (SSSR count). The van der Waals surface area contributed by atoms with E-state index in [-0.39, 0.29) is 0 Å². The van der Waals surface area contributed by atoms with E-state index in [0.29, 0.717) is 5.16 Å². The average molecular weight is 196 g/mol. The maximum atomic E-state index is 5.10. The van der Waals surface area contributed by atoms with Crippen molar-refractivity contribution in [2.75, 3.05) is 7.11 Å². The number of benzene rings is 1. The fourth-order valence-corrected chi connectivity index (χ4v) is 2.31. The molecule has 1 atom stereocenters. The average Bonchev–Trinajstić information content (AvgIpc) is 2.03. The van der Waals surface area contributed by atoms with E-state index in [0.717, 1.165) is 14.3 Å². The van der Waals surface area contributed by atoms with E-state index >= 15 is 0 Å². The summed E-state index contributed by atoms with van der Waals surface area (Å²) < 4.78 is 5.10. The molecule has 0 heterocycles. The van der Waals surface area contributed by atoms with Gasteiger partial charge in [-0.25, -0.2) is 0 Å². The molecule has 1 aromatic carbocycles. The Kier molecular flexibility index (Phi) is 3.33. The topological polar surface area (TPSA) is 9.23 Å². The zero-order valence-corrected chi connectivity index (χ0v) is 9.72. The van der Waals surface area contributed by atoms with Gasteiger partial charge in [0.05, 0.1) is 7.11 Å². The normalized spacial score (nSPS) is 12.3. The molecule has 0 bridgehead atoms. The summed E-state index contributed by atoms with van der Waals surface area (Å²) in [6, 6.07) is 8.33. The molecule has 0 spiro atoms. The Balaban J connectivity index is 2.70. The third kappa shape index (κ3) is 3.78. The molecule has 0 fully saturated rings. The monoisotopic (exact) mass is 196 g/mol. The molecule has 1 nitrogen and oxygen atoms in total. The maximum absolute atomic E-state index is 5.10. The van der Waals surface area contributed by atoms with Crippen LogP contribution in [-0.2, 0) is 0 Å². The van der Waals surface area contributed by atoms with Crippen molar-refractivity contribution < 1.29 is 4.74 Å². The summed E-state index contributed by atoms with van der Waals surface area (Å²) in [6.45, 7) is 6.78. The van der Waals surface area contributed by atoms with Crippen molar-refractivity contribution in [3.63, 3.8) is 0 Å². The molecule has 0 N–H and O–H groups in total. The Bertz CT molecular complexity index is 258. The standard InChI is InChI=1S/C11H17OP/c1-11(2,3)13-10-7-5-9(12-4)6-8-10/h5-8,13H,1-4H3. The zero-order valence-electron chi connectivity index (χ0n) is 8.72. The Morgan fingerprint density at radius 3 is 2.00 bits per heavy atom. The molecule has 1 aromatic rings. The predicted octanol–water partition coefficient (Wildman–Crippen LogP) is 2.80. The van der Waals surface area contributed by atoms with Gasteiger partial charge in [-0.05, 0) is 22.6 Å². The molecule has 0 saturated carbocycles. The molecular weight excluding hydrogens is 179 g/mol. The maximum Gasteiger partial charge on any atom is 0.118 e. The van der Waals surface area contributed by atoms with Gasteiger partial charge in [0.1, 0.15) is 5.75 Å². The first kappa shape index (κ1) is 10.5. The summed E-state index contributed by atoms with van der Waals surface area (Å²) in [6.07, 6.45) is 0. The smallest absolute Gasteiger partial charge is 0.118 e. The lowest BCUT2D eigenvalue weighted by molar-refractivity contribution is 0.415. The minimum absolute atomic E-state index is 0.384. The van der Waals surface area contributed by atoms with Gasteiger partial charge in [0.15, 0.2) is 0 Å². The third-order valence-corrected chi connectivity index (χ3v) is 2.98. The molecule has 1 unspecified atom stereocenters. The van der Waals surface area contributed by atoms with Gasteiger partial charge in [0, 0.05) is 0 Å². The molecule has 72 valence electrons. The van der Waals surface area contributed by atoms with Crippen molar-refractivity contribution in [1.82, 2.24) is 0 Å². The lowest BCUT2D eigenvalue weighted by Crippen LogP contribution is -2.10. The highest BCUT2D eigenvalue weighted by molar-refractivity contribution is 7.48. The van der Waals surface area contributed by atoms with Gasteiger partial charge in [-0.1, -0.05) is 41.5 Å². The van der Waals surface area contributed by atoms with Gasteiger partial charge < -0.3 is 4.74 Å². The number of hydrogen-bond acceptors (Lipinski definition) is 1. The molecule has 0 saturated heterocycles. The van der Waals surface area contributed by atoms with Crippen molar-refractivity contribution in [2.24, 2.45) is 0 Å². The molecule has 13 heavy (non-hydrogen) atoms. The summed E-state index contributed by atoms with van der Waals surface area (Å²) >= 11 is 0. The van der Waals surface area contributed by atoms with Crippen molar-refractivity contribution in [2.45, 2.75) is 25.9 Å². The van der Waals surface area contributed by atoms with E-state index in [2.05, 4.69) is 32.9 Å². The molecule has 0 aliphatic carbocycles. The van der Waals surface area contributed by atoms with Gasteiger partial charge >= 0.3 is 0 Å². The fourth-order valence-electron chi connectivity index (χ4n) is 1.11. The van der Waals surface area contributed by atoms with Crippen molar-refractivity contribution in [3.05, 3.63) is 24.3 Å². The summed E-state index contributed by atoms with van der Waals surface area (Å²) in [5, 5.41) is 1.78. The number of rotatable bonds is 2. The second-order valence-electron chi connectivity index (χ2n) is 4.10. The van der Waals surface area contributed by atoms with Crippen LogP contribution in [0, 0.1) is 0 Å². The second kappa shape index (κ2) is 4.11. The molecule has 0 amide bonds. The van der Waals surface area contributed by atoms with Crippen LogP contribution in [0.1, 0.15) is 20.8 Å². The predicted molar refractivity (Wildman–Crippen MR) is 60.7 cm³/mol. The number of methoxy groups -OCH3 is 1. The molecule has 2 heteroatoms. The Morgan fingerprint density at radius 1 is 1.08 bits per heavy atom. The SMILES string of the molecule is COc1ccc(PC(C)(C)C)cc1. The van der Waals surface area contributed by atoms with E-state index < -0.39 is 0 Å². The van der Waals surface area contributed by atoms with Crippen LogP contribution in [-0.4, -0.2) is 12.3 Å². The first-order chi connectivity index (χ1) is 6.01. The van der Waals surface area contributed by atoms with Crippen molar-refractivity contribution >= 4 is 13.9 Å². The fraction of sp³-hybridized carbons (Fsp3) is 0.455. The summed E-state index contributed by atoms with van der Waals surface area (Å²) in [5.41, 5.74) is 0. The van der Waals surface area contributed by atoms with Crippen LogP contribution in [0.25, 0.3) is 0 Å². The molecular formula is C11H17OP. The van der Waals surface area contributed by atoms with E-state index in [4.69, 9.17) is 4.74 Å². The second-order valence-corrected chi connectivity index (χ2v) is 6.43. The molecule has 0 aliphatic rings. The largest absolute Gasteiger partial charge is 0.497 e. The van der Waals surface area contributed by atoms with Gasteiger partial charge in [0.2, 0.25) is 0 Å². The van der Waals surface area contributed by atoms with E-state index in [1.54, 1.807) is 7.11 Å². The van der Waals surface area contributed by atoms with E-state index in [9.17, 15) is 0 Å². The highest BCUT2D eigenvalue weighted by atomic mass is 31.1. The lowest BCUT2D eigenvalue weighted by Gasteiger charge is -2.18. The van der Waals surface area contributed by atoms with Crippen LogP contribution in [0.2, 0.25) is 0 Å². The molecule has 0 aromatic heterocycles. The highest BCUT2D eigenvalue weighted by Gasteiger charge is 2.10. The van der Waals surface area contributed by atoms with Gasteiger partial charge in [-0.2, -0.15) is 0 Å². The Morgan fingerprint density at radius 2 is 1.62 bits per heavy atom. The van der Waals surface area contributed by atoms with Crippen LogP contribution >= 0.6 is 8.58 Å². The van der Waals surface area contributed by atoms with E-state index in [1.165, 1.54) is 5.30 Å². The number of hydrogen-bond donors (Lipinski definition) is 0. The van der Waals surface area contributed by atoms with Crippen LogP contribution in [0.5, 0.6) is 5.75 Å². The first-order valence-corrected chi connectivity index (χ1v) is 5.43. The van der Waals surface area contributed by atoms with Crippen LogP contribution in [0.3, 0.4) is 0 Å². The minimum Gasteiger partial charge on any atom is -0.497 e.